The lowest BCUT2D eigenvalue weighted by atomic mass is 9.93. The van der Waals surface area contributed by atoms with Crippen LogP contribution in [-0.4, -0.2) is 15.7 Å². The van der Waals surface area contributed by atoms with E-state index in [4.69, 9.17) is 8.83 Å². The van der Waals surface area contributed by atoms with E-state index in [-0.39, 0.29) is 5.91 Å². The van der Waals surface area contributed by atoms with Gasteiger partial charge in [-0.2, -0.15) is 5.10 Å². The lowest BCUT2D eigenvalue weighted by molar-refractivity contribution is 0.0917. The van der Waals surface area contributed by atoms with Gasteiger partial charge in [0.25, 0.3) is 5.91 Å². The lowest BCUT2D eigenvalue weighted by Gasteiger charge is -2.09. The van der Waals surface area contributed by atoms with Crippen molar-refractivity contribution in [3.63, 3.8) is 0 Å². The second-order valence-corrected chi connectivity index (χ2v) is 5.98. The highest BCUT2D eigenvalue weighted by atomic mass is 16.4. The van der Waals surface area contributed by atoms with E-state index in [1.165, 1.54) is 5.56 Å². The van der Waals surface area contributed by atoms with Crippen LogP contribution in [0.2, 0.25) is 0 Å². The zero-order valence-corrected chi connectivity index (χ0v) is 13.8. The van der Waals surface area contributed by atoms with Gasteiger partial charge in [-0.1, -0.05) is 0 Å². The van der Waals surface area contributed by atoms with Crippen LogP contribution in [0.15, 0.2) is 33.4 Å². The number of aryl methyl sites for hydroxylation is 3. The molecule has 0 saturated heterocycles. The Morgan fingerprint density at radius 1 is 1.42 bits per heavy atom. The summed E-state index contributed by atoms with van der Waals surface area (Å²) in [5.74, 6) is 1.70. The van der Waals surface area contributed by atoms with Crippen molar-refractivity contribution in [2.45, 2.75) is 39.8 Å². The molecular formula is C18H19N3O3. The summed E-state index contributed by atoms with van der Waals surface area (Å²) >= 11 is 0. The molecule has 0 spiro atoms. The molecule has 0 aliphatic heterocycles. The average molecular weight is 325 g/mol. The van der Waals surface area contributed by atoms with Gasteiger partial charge >= 0.3 is 0 Å². The molecule has 1 amide bonds. The molecule has 0 radical (unpaired) electrons. The second kappa shape index (κ2) is 5.70. The maximum atomic E-state index is 12.5. The minimum absolute atomic E-state index is 0.227. The molecule has 124 valence electrons. The Morgan fingerprint density at radius 3 is 3.04 bits per heavy atom. The molecule has 0 unspecified atom stereocenters. The van der Waals surface area contributed by atoms with Crippen molar-refractivity contribution in [1.82, 2.24) is 15.1 Å². The number of rotatable bonds is 4. The van der Waals surface area contributed by atoms with E-state index in [0.717, 1.165) is 42.0 Å². The molecule has 1 N–H and O–H groups in total. The summed E-state index contributed by atoms with van der Waals surface area (Å²) < 4.78 is 13.0. The van der Waals surface area contributed by atoms with E-state index in [2.05, 4.69) is 23.5 Å². The van der Waals surface area contributed by atoms with Crippen LogP contribution < -0.4 is 5.32 Å². The number of hydrogen-bond acceptors (Lipinski definition) is 4. The number of nitrogens with one attached hydrogen (secondary N) is 1. The largest absolute Gasteiger partial charge is 0.467 e. The molecule has 6 heteroatoms. The van der Waals surface area contributed by atoms with Gasteiger partial charge < -0.3 is 14.2 Å². The van der Waals surface area contributed by atoms with Gasteiger partial charge in [0.15, 0.2) is 5.76 Å². The molecule has 0 saturated carbocycles. The predicted molar refractivity (Wildman–Crippen MR) is 87.6 cm³/mol. The number of furan rings is 2. The number of carbonyl (C=O) groups is 1. The minimum Gasteiger partial charge on any atom is -0.467 e. The third-order valence-electron chi connectivity index (χ3n) is 4.45. The van der Waals surface area contributed by atoms with Gasteiger partial charge in [-0.3, -0.25) is 9.48 Å². The molecule has 24 heavy (non-hydrogen) atoms. The Balaban J connectivity index is 1.64. The number of amides is 1. The third kappa shape index (κ3) is 2.35. The van der Waals surface area contributed by atoms with Gasteiger partial charge in [0.05, 0.1) is 18.5 Å². The summed E-state index contributed by atoms with van der Waals surface area (Å²) in [6.07, 6.45) is 5.36. The van der Waals surface area contributed by atoms with E-state index >= 15 is 0 Å². The summed E-state index contributed by atoms with van der Waals surface area (Å²) in [7, 11) is 0. The first kappa shape index (κ1) is 14.8. The first-order chi connectivity index (χ1) is 11.7. The van der Waals surface area contributed by atoms with E-state index in [0.29, 0.717) is 18.1 Å². The first-order valence-corrected chi connectivity index (χ1v) is 8.17. The van der Waals surface area contributed by atoms with Crippen molar-refractivity contribution in [3.8, 4) is 11.3 Å². The van der Waals surface area contributed by atoms with Crippen molar-refractivity contribution in [1.29, 1.82) is 0 Å². The van der Waals surface area contributed by atoms with Crippen LogP contribution in [0.3, 0.4) is 0 Å². The van der Waals surface area contributed by atoms with Crippen molar-refractivity contribution >= 4 is 5.91 Å². The number of carbonyl (C=O) groups excluding carboxylic acids is 1. The molecule has 1 aliphatic carbocycles. The normalized spacial score (nSPS) is 12.8. The summed E-state index contributed by atoms with van der Waals surface area (Å²) in [6, 6.07) is 3.62. The van der Waals surface area contributed by atoms with Crippen molar-refractivity contribution in [3.05, 3.63) is 53.0 Å². The molecule has 4 rings (SSSR count). The van der Waals surface area contributed by atoms with Crippen LogP contribution >= 0.6 is 0 Å². The topological polar surface area (TPSA) is 73.2 Å². The smallest absolute Gasteiger partial charge is 0.287 e. The zero-order chi connectivity index (χ0) is 16.7. The van der Waals surface area contributed by atoms with Crippen molar-refractivity contribution < 1.29 is 13.6 Å². The Kier molecular flexibility index (Phi) is 3.52. The highest BCUT2D eigenvalue weighted by Crippen LogP contribution is 2.38. The molecule has 3 aromatic rings. The number of nitrogens with zero attached hydrogens (tertiary/aromatic N) is 2. The lowest BCUT2D eigenvalue weighted by Crippen LogP contribution is -2.22. The number of fused-ring (bicyclic) bond motifs is 3. The van der Waals surface area contributed by atoms with E-state index in [9.17, 15) is 4.79 Å². The van der Waals surface area contributed by atoms with Crippen LogP contribution in [0.5, 0.6) is 0 Å². The summed E-state index contributed by atoms with van der Waals surface area (Å²) in [6.45, 7) is 5.15. The van der Waals surface area contributed by atoms with Crippen LogP contribution in [0.4, 0.5) is 0 Å². The monoisotopic (exact) mass is 325 g/mol. The number of hydrogen-bond donors (Lipinski definition) is 1. The summed E-state index contributed by atoms with van der Waals surface area (Å²) in [5.41, 5.74) is 4.00. The van der Waals surface area contributed by atoms with E-state index < -0.39 is 0 Å². The number of aromatic nitrogens is 2. The predicted octanol–water partition coefficient (Wildman–Crippen LogP) is 3.09. The fraction of sp³-hybridized carbons (Fsp3) is 0.333. The molecule has 0 aromatic carbocycles. The highest BCUT2D eigenvalue weighted by Gasteiger charge is 2.29. The molecule has 0 fully saturated rings. The van der Waals surface area contributed by atoms with Crippen LogP contribution in [0.1, 0.15) is 40.1 Å². The molecule has 6 nitrogen and oxygen atoms in total. The maximum absolute atomic E-state index is 12.5. The Labute approximate surface area is 139 Å². The highest BCUT2D eigenvalue weighted by molar-refractivity contribution is 5.95. The van der Waals surface area contributed by atoms with Crippen LogP contribution in [-0.2, 0) is 25.9 Å². The Hall–Kier alpha value is -2.76. The van der Waals surface area contributed by atoms with Crippen molar-refractivity contribution in [2.24, 2.45) is 0 Å². The zero-order valence-electron chi connectivity index (χ0n) is 13.8. The Morgan fingerprint density at radius 2 is 2.29 bits per heavy atom. The van der Waals surface area contributed by atoms with Crippen molar-refractivity contribution in [2.75, 3.05) is 0 Å². The van der Waals surface area contributed by atoms with Gasteiger partial charge in [-0.25, -0.2) is 0 Å². The van der Waals surface area contributed by atoms with Gasteiger partial charge in [-0.15, -0.1) is 0 Å². The van der Waals surface area contributed by atoms with Gasteiger partial charge in [0.1, 0.15) is 11.5 Å². The van der Waals surface area contributed by atoms with Gasteiger partial charge in [0, 0.05) is 30.3 Å². The Bertz CT molecular complexity index is 887. The SMILES string of the molecule is CCn1cc2c(n1)-c1c(oc(C(=O)NCc3ccco3)c1C)CC2. The fourth-order valence-corrected chi connectivity index (χ4v) is 3.20. The molecule has 0 atom stereocenters. The maximum Gasteiger partial charge on any atom is 0.287 e. The first-order valence-electron chi connectivity index (χ1n) is 8.17. The fourth-order valence-electron chi connectivity index (χ4n) is 3.20. The summed E-state index contributed by atoms with van der Waals surface area (Å²) in [5, 5.41) is 7.48. The molecule has 0 bridgehead atoms. The van der Waals surface area contributed by atoms with E-state index in [1.807, 2.05) is 17.7 Å². The standard InChI is InChI=1S/C18H19N3O3/c1-3-21-10-12-6-7-14-15(16(12)20-21)11(2)17(24-14)18(22)19-9-13-5-4-8-23-13/h4-5,8,10H,3,6-7,9H2,1-2H3,(H,19,22). The quantitative estimate of drug-likeness (QED) is 0.800. The minimum atomic E-state index is -0.227. The molecule has 1 aliphatic rings. The summed E-state index contributed by atoms with van der Waals surface area (Å²) in [4.78, 5) is 12.5. The third-order valence-corrected chi connectivity index (χ3v) is 4.45. The average Bonchev–Trinajstić information content (AvgIpc) is 3.30. The van der Waals surface area contributed by atoms with Gasteiger partial charge in [-0.05, 0) is 38.0 Å². The molecule has 3 aromatic heterocycles. The van der Waals surface area contributed by atoms with E-state index in [1.54, 1.807) is 12.3 Å². The molecular weight excluding hydrogens is 306 g/mol. The van der Waals surface area contributed by atoms with Gasteiger partial charge in [0.2, 0.25) is 0 Å². The van der Waals surface area contributed by atoms with Crippen LogP contribution in [0.25, 0.3) is 11.3 Å². The van der Waals surface area contributed by atoms with Crippen LogP contribution in [0, 0.1) is 6.92 Å². The molecule has 3 heterocycles. The second-order valence-electron chi connectivity index (χ2n) is 5.98.